The number of ether oxygens (including phenoxy) is 1. The molecule has 4 nitrogen and oxygen atoms in total. The zero-order valence-corrected chi connectivity index (χ0v) is 11.4. The van der Waals surface area contributed by atoms with Gasteiger partial charge in [-0.15, -0.1) is 0 Å². The fraction of sp³-hybridized carbons (Fsp3) is 0.714. The van der Waals surface area contributed by atoms with Crippen molar-refractivity contribution < 1.29 is 9.15 Å². The molecule has 1 aliphatic heterocycles. The van der Waals surface area contributed by atoms with Crippen LogP contribution in [-0.2, 0) is 17.8 Å². The normalized spacial score (nSPS) is 17.5. The summed E-state index contributed by atoms with van der Waals surface area (Å²) < 4.78 is 11.0. The minimum Gasteiger partial charge on any atom is -0.468 e. The van der Waals surface area contributed by atoms with E-state index >= 15 is 0 Å². The molecule has 1 aromatic rings. The van der Waals surface area contributed by atoms with Crippen molar-refractivity contribution in [2.45, 2.75) is 38.9 Å². The Morgan fingerprint density at radius 3 is 2.89 bits per heavy atom. The Morgan fingerprint density at radius 2 is 2.17 bits per heavy atom. The summed E-state index contributed by atoms with van der Waals surface area (Å²) >= 11 is 0. The van der Waals surface area contributed by atoms with E-state index < -0.39 is 0 Å². The van der Waals surface area contributed by atoms with Gasteiger partial charge >= 0.3 is 0 Å². The molecule has 0 atom stereocenters. The second kappa shape index (κ2) is 6.92. The highest BCUT2D eigenvalue weighted by Gasteiger charge is 2.20. The number of nitrogens with one attached hydrogen (secondary N) is 1. The molecule has 0 aliphatic carbocycles. The molecule has 18 heavy (non-hydrogen) atoms. The van der Waals surface area contributed by atoms with Crippen LogP contribution in [0.2, 0.25) is 0 Å². The molecule has 1 saturated heterocycles. The van der Waals surface area contributed by atoms with E-state index in [9.17, 15) is 0 Å². The topological polar surface area (TPSA) is 37.6 Å². The minimum atomic E-state index is 0.621. The lowest BCUT2D eigenvalue weighted by atomic mass is 10.1. The molecular weight excluding hydrogens is 228 g/mol. The largest absolute Gasteiger partial charge is 0.468 e. The fourth-order valence-electron chi connectivity index (χ4n) is 2.40. The maximum absolute atomic E-state index is 5.61. The van der Waals surface area contributed by atoms with Crippen molar-refractivity contribution in [1.29, 1.82) is 0 Å². The van der Waals surface area contributed by atoms with Crippen LogP contribution in [0.1, 0.15) is 31.1 Å². The van der Waals surface area contributed by atoms with Gasteiger partial charge in [-0.25, -0.2) is 0 Å². The van der Waals surface area contributed by atoms with Crippen molar-refractivity contribution in [3.05, 3.63) is 23.7 Å². The van der Waals surface area contributed by atoms with Crippen LogP contribution in [-0.4, -0.2) is 37.7 Å². The second-order valence-corrected chi connectivity index (χ2v) is 4.91. The third-order valence-electron chi connectivity index (χ3n) is 3.61. The van der Waals surface area contributed by atoms with Gasteiger partial charge in [0.25, 0.3) is 0 Å². The van der Waals surface area contributed by atoms with Gasteiger partial charge in [0.15, 0.2) is 0 Å². The van der Waals surface area contributed by atoms with Crippen LogP contribution in [0.25, 0.3) is 0 Å². The standard InChI is InChI=1S/C14H24N2O2/c1-3-15-10-12-4-9-18-14(12)11-16(2)13-5-7-17-8-6-13/h4,9,13,15H,3,5-8,10-11H2,1-2H3. The van der Waals surface area contributed by atoms with Gasteiger partial charge in [-0.2, -0.15) is 0 Å². The van der Waals surface area contributed by atoms with E-state index in [1.807, 2.05) is 0 Å². The first-order valence-electron chi connectivity index (χ1n) is 6.85. The Kier molecular flexibility index (Phi) is 5.23. The first-order chi connectivity index (χ1) is 8.81. The van der Waals surface area contributed by atoms with Crippen molar-refractivity contribution in [2.24, 2.45) is 0 Å². The number of nitrogens with zero attached hydrogens (tertiary/aromatic N) is 1. The SMILES string of the molecule is CCNCc1ccoc1CN(C)C1CCOCC1. The molecular formula is C14H24N2O2. The molecule has 0 bridgehead atoms. The van der Waals surface area contributed by atoms with Gasteiger partial charge in [-0.3, -0.25) is 4.90 Å². The van der Waals surface area contributed by atoms with E-state index in [2.05, 4.69) is 30.3 Å². The van der Waals surface area contributed by atoms with Crippen molar-refractivity contribution in [1.82, 2.24) is 10.2 Å². The Balaban J connectivity index is 1.89. The Bertz CT molecular complexity index is 345. The van der Waals surface area contributed by atoms with Crippen molar-refractivity contribution >= 4 is 0 Å². The summed E-state index contributed by atoms with van der Waals surface area (Å²) in [5, 5.41) is 3.35. The van der Waals surface area contributed by atoms with Crippen molar-refractivity contribution in [3.63, 3.8) is 0 Å². The maximum Gasteiger partial charge on any atom is 0.122 e. The summed E-state index contributed by atoms with van der Waals surface area (Å²) in [6.07, 6.45) is 4.04. The Morgan fingerprint density at radius 1 is 1.39 bits per heavy atom. The lowest BCUT2D eigenvalue weighted by molar-refractivity contribution is 0.0386. The summed E-state index contributed by atoms with van der Waals surface area (Å²) in [6.45, 7) is 6.66. The summed E-state index contributed by atoms with van der Waals surface area (Å²) in [7, 11) is 2.18. The molecule has 0 amide bonds. The lowest BCUT2D eigenvalue weighted by Gasteiger charge is -2.30. The van der Waals surface area contributed by atoms with E-state index in [1.165, 1.54) is 5.56 Å². The van der Waals surface area contributed by atoms with E-state index in [-0.39, 0.29) is 0 Å². The van der Waals surface area contributed by atoms with E-state index in [0.29, 0.717) is 6.04 Å². The molecule has 2 heterocycles. The van der Waals surface area contributed by atoms with Gasteiger partial charge in [0.05, 0.1) is 12.8 Å². The summed E-state index contributed by atoms with van der Waals surface area (Å²) in [6, 6.07) is 2.69. The fourth-order valence-corrected chi connectivity index (χ4v) is 2.40. The number of furan rings is 1. The zero-order valence-electron chi connectivity index (χ0n) is 11.4. The van der Waals surface area contributed by atoms with Crippen LogP contribution in [0.4, 0.5) is 0 Å². The molecule has 1 fully saturated rings. The zero-order chi connectivity index (χ0) is 12.8. The number of hydrogen-bond donors (Lipinski definition) is 1. The van der Waals surface area contributed by atoms with Crippen molar-refractivity contribution in [2.75, 3.05) is 26.8 Å². The van der Waals surface area contributed by atoms with Crippen molar-refractivity contribution in [3.8, 4) is 0 Å². The predicted octanol–water partition coefficient (Wildman–Crippen LogP) is 2.00. The average Bonchev–Trinajstić information content (AvgIpc) is 2.84. The molecule has 0 radical (unpaired) electrons. The molecule has 0 saturated carbocycles. The highest BCUT2D eigenvalue weighted by molar-refractivity contribution is 5.16. The van der Waals surface area contributed by atoms with Crippen LogP contribution < -0.4 is 5.32 Å². The van der Waals surface area contributed by atoms with Gasteiger partial charge in [0.1, 0.15) is 5.76 Å². The van der Waals surface area contributed by atoms with Gasteiger partial charge in [-0.1, -0.05) is 6.92 Å². The molecule has 102 valence electrons. The maximum atomic E-state index is 5.61. The molecule has 1 N–H and O–H groups in total. The predicted molar refractivity (Wildman–Crippen MR) is 71.4 cm³/mol. The molecule has 0 spiro atoms. The average molecular weight is 252 g/mol. The molecule has 1 aromatic heterocycles. The quantitative estimate of drug-likeness (QED) is 0.840. The van der Waals surface area contributed by atoms with E-state index in [1.54, 1.807) is 6.26 Å². The molecule has 0 unspecified atom stereocenters. The molecule has 4 heteroatoms. The van der Waals surface area contributed by atoms with Gasteiger partial charge < -0.3 is 14.5 Å². The third-order valence-corrected chi connectivity index (χ3v) is 3.61. The van der Waals surface area contributed by atoms with Crippen LogP contribution in [0.3, 0.4) is 0 Å². The first kappa shape index (κ1) is 13.6. The van der Waals surface area contributed by atoms with Crippen LogP contribution >= 0.6 is 0 Å². The Hall–Kier alpha value is -0.840. The summed E-state index contributed by atoms with van der Waals surface area (Å²) in [5.41, 5.74) is 1.27. The van der Waals surface area contributed by atoms with E-state index in [4.69, 9.17) is 9.15 Å². The first-order valence-corrected chi connectivity index (χ1v) is 6.85. The summed E-state index contributed by atoms with van der Waals surface area (Å²) in [4.78, 5) is 2.39. The third kappa shape index (κ3) is 3.57. The second-order valence-electron chi connectivity index (χ2n) is 4.91. The van der Waals surface area contributed by atoms with Gasteiger partial charge in [-0.05, 0) is 32.5 Å². The monoisotopic (exact) mass is 252 g/mol. The smallest absolute Gasteiger partial charge is 0.122 e. The van der Waals surface area contributed by atoms with Crippen LogP contribution in [0.15, 0.2) is 16.7 Å². The molecule has 2 rings (SSSR count). The Labute approximate surface area is 109 Å². The highest BCUT2D eigenvalue weighted by atomic mass is 16.5. The highest BCUT2D eigenvalue weighted by Crippen LogP contribution is 2.18. The number of hydrogen-bond acceptors (Lipinski definition) is 4. The van der Waals surface area contributed by atoms with Crippen LogP contribution in [0, 0.1) is 0 Å². The minimum absolute atomic E-state index is 0.621. The van der Waals surface area contributed by atoms with E-state index in [0.717, 1.165) is 51.4 Å². The van der Waals surface area contributed by atoms with Gasteiger partial charge in [0.2, 0.25) is 0 Å². The molecule has 1 aliphatic rings. The molecule has 0 aromatic carbocycles. The van der Waals surface area contributed by atoms with Crippen LogP contribution in [0.5, 0.6) is 0 Å². The number of rotatable bonds is 6. The van der Waals surface area contributed by atoms with Gasteiger partial charge in [0, 0.05) is 31.4 Å². The lowest BCUT2D eigenvalue weighted by Crippen LogP contribution is -2.36. The summed E-state index contributed by atoms with van der Waals surface area (Å²) in [5.74, 6) is 1.09.